The maximum Gasteiger partial charge on any atom is 0.241 e. The van der Waals surface area contributed by atoms with E-state index in [9.17, 15) is 0 Å². The first-order valence-corrected chi connectivity index (χ1v) is 16.6. The summed E-state index contributed by atoms with van der Waals surface area (Å²) in [6.45, 7) is 4.68. The standard InChI is InChI=1S/C43H30N6/c1-43(2)33-21-10-9-18-31(33)32-20-13-19-30(38(32)43)29-24-25-36-37(26-29)48-35-23-12-11-22-34(35)44-42(48)49(36)41-46-39(27-14-5-3-6-15-27)45-40(47-41)28-16-7-4-8-17-28/h3-26H,1-2H3. The zero-order valence-corrected chi connectivity index (χ0v) is 27.0. The molecule has 10 rings (SSSR count). The van der Waals surface area contributed by atoms with Crippen LogP contribution in [-0.4, -0.2) is 28.9 Å². The van der Waals surface area contributed by atoms with Crippen LogP contribution in [0.4, 0.5) is 0 Å². The van der Waals surface area contributed by atoms with Crippen LogP contribution in [0.15, 0.2) is 146 Å². The normalized spacial score (nSPS) is 13.3. The van der Waals surface area contributed by atoms with Crippen LogP contribution in [0, 0.1) is 0 Å². The first kappa shape index (κ1) is 27.7. The Labute approximate surface area is 283 Å². The van der Waals surface area contributed by atoms with E-state index in [4.69, 9.17) is 19.9 Å². The van der Waals surface area contributed by atoms with E-state index in [1.807, 2.05) is 66.7 Å². The maximum atomic E-state index is 5.17. The highest BCUT2D eigenvalue weighted by molar-refractivity contribution is 5.95. The maximum absolute atomic E-state index is 5.17. The van der Waals surface area contributed by atoms with Gasteiger partial charge in [-0.2, -0.15) is 9.97 Å². The van der Waals surface area contributed by atoms with E-state index in [2.05, 4.69) is 102 Å². The Morgan fingerprint density at radius 1 is 0.469 bits per heavy atom. The Hall–Kier alpha value is -6.40. The highest BCUT2D eigenvalue weighted by Crippen LogP contribution is 2.52. The Morgan fingerprint density at radius 2 is 1.10 bits per heavy atom. The van der Waals surface area contributed by atoms with E-state index < -0.39 is 0 Å². The summed E-state index contributed by atoms with van der Waals surface area (Å²) in [4.78, 5) is 20.3. The minimum Gasteiger partial charge on any atom is -0.276 e. The lowest BCUT2D eigenvalue weighted by Crippen LogP contribution is -2.16. The molecule has 232 valence electrons. The second-order valence-corrected chi connectivity index (χ2v) is 13.2. The van der Waals surface area contributed by atoms with Crippen molar-refractivity contribution in [3.05, 3.63) is 157 Å². The molecule has 1 aliphatic rings. The minimum atomic E-state index is -0.132. The van der Waals surface area contributed by atoms with Crippen LogP contribution in [0.2, 0.25) is 0 Å². The number of imidazole rings is 2. The highest BCUT2D eigenvalue weighted by atomic mass is 15.3. The molecule has 0 unspecified atom stereocenters. The fourth-order valence-electron chi connectivity index (χ4n) is 7.75. The van der Waals surface area contributed by atoms with E-state index in [0.717, 1.165) is 44.5 Å². The zero-order chi connectivity index (χ0) is 32.7. The topological polar surface area (TPSA) is 60.9 Å². The molecule has 6 heteroatoms. The molecule has 9 aromatic rings. The van der Waals surface area contributed by atoms with Crippen molar-refractivity contribution in [1.29, 1.82) is 0 Å². The summed E-state index contributed by atoms with van der Waals surface area (Å²) in [5.74, 6) is 2.49. The first-order valence-electron chi connectivity index (χ1n) is 16.6. The largest absolute Gasteiger partial charge is 0.276 e. The second-order valence-electron chi connectivity index (χ2n) is 13.2. The Balaban J connectivity index is 1.26. The molecule has 6 nitrogen and oxygen atoms in total. The van der Waals surface area contributed by atoms with Gasteiger partial charge in [0.1, 0.15) is 0 Å². The van der Waals surface area contributed by atoms with Crippen molar-refractivity contribution in [3.8, 4) is 51.0 Å². The fourth-order valence-corrected chi connectivity index (χ4v) is 7.75. The van der Waals surface area contributed by atoms with Crippen molar-refractivity contribution in [2.45, 2.75) is 19.3 Å². The fraction of sp³-hybridized carbons (Fsp3) is 0.0698. The lowest BCUT2D eigenvalue weighted by molar-refractivity contribution is 0.662. The number of benzene rings is 6. The average Bonchev–Trinajstić information content (AvgIpc) is 3.77. The van der Waals surface area contributed by atoms with Gasteiger partial charge in [-0.3, -0.25) is 4.40 Å². The molecule has 0 N–H and O–H groups in total. The SMILES string of the molecule is CC1(C)c2ccccc2-c2cccc(-c3ccc4c(c3)n3c5ccccc5nc3n4-c3nc(-c4ccccc4)nc(-c4ccccc4)n3)c21. The second kappa shape index (κ2) is 10.3. The van der Waals surface area contributed by atoms with Crippen molar-refractivity contribution < 1.29 is 0 Å². The molecule has 0 saturated carbocycles. The number of hydrogen-bond acceptors (Lipinski definition) is 4. The van der Waals surface area contributed by atoms with Gasteiger partial charge in [-0.15, -0.1) is 0 Å². The molecule has 0 bridgehead atoms. The summed E-state index contributed by atoms with van der Waals surface area (Å²) < 4.78 is 4.32. The van der Waals surface area contributed by atoms with Gasteiger partial charge >= 0.3 is 0 Å². The zero-order valence-electron chi connectivity index (χ0n) is 27.0. The Kier molecular flexibility index (Phi) is 5.82. The molecule has 3 heterocycles. The van der Waals surface area contributed by atoms with Gasteiger partial charge in [0.05, 0.1) is 22.1 Å². The van der Waals surface area contributed by atoms with Gasteiger partial charge in [0.25, 0.3) is 0 Å². The quantitative estimate of drug-likeness (QED) is 0.194. The van der Waals surface area contributed by atoms with Crippen LogP contribution < -0.4 is 0 Å². The van der Waals surface area contributed by atoms with Gasteiger partial charge < -0.3 is 0 Å². The molecule has 0 amide bonds. The van der Waals surface area contributed by atoms with Crippen molar-refractivity contribution >= 4 is 27.8 Å². The monoisotopic (exact) mass is 630 g/mol. The van der Waals surface area contributed by atoms with Crippen molar-refractivity contribution in [1.82, 2.24) is 28.9 Å². The highest BCUT2D eigenvalue weighted by Gasteiger charge is 2.37. The first-order chi connectivity index (χ1) is 24.1. The lowest BCUT2D eigenvalue weighted by Gasteiger charge is -2.24. The number of hydrogen-bond donors (Lipinski definition) is 0. The van der Waals surface area contributed by atoms with Gasteiger partial charge in [-0.1, -0.05) is 135 Å². The minimum absolute atomic E-state index is 0.132. The molecule has 1 aliphatic carbocycles. The molecule has 6 aromatic carbocycles. The van der Waals surface area contributed by atoms with Gasteiger partial charge in [0.15, 0.2) is 11.6 Å². The molecule has 49 heavy (non-hydrogen) atoms. The van der Waals surface area contributed by atoms with Crippen LogP contribution in [0.5, 0.6) is 0 Å². The third kappa shape index (κ3) is 4.07. The van der Waals surface area contributed by atoms with Gasteiger partial charge in [0, 0.05) is 16.5 Å². The summed E-state index contributed by atoms with van der Waals surface area (Å²) in [7, 11) is 0. The summed E-state index contributed by atoms with van der Waals surface area (Å²) >= 11 is 0. The summed E-state index contributed by atoms with van der Waals surface area (Å²) in [5.41, 5.74) is 13.4. The predicted octanol–water partition coefficient (Wildman–Crippen LogP) is 9.92. The summed E-state index contributed by atoms with van der Waals surface area (Å²) in [6, 6.07) is 50.7. The van der Waals surface area contributed by atoms with E-state index in [0.29, 0.717) is 17.6 Å². The molecule has 3 aromatic heterocycles. The lowest BCUT2D eigenvalue weighted by atomic mass is 9.79. The number of fused-ring (bicyclic) bond motifs is 8. The molecule has 0 saturated heterocycles. The third-order valence-corrected chi connectivity index (χ3v) is 9.98. The smallest absolute Gasteiger partial charge is 0.241 e. The third-order valence-electron chi connectivity index (χ3n) is 9.98. The number of rotatable bonds is 4. The Bertz CT molecular complexity index is 2680. The van der Waals surface area contributed by atoms with E-state index in [-0.39, 0.29) is 5.41 Å². The molecular weight excluding hydrogens is 601 g/mol. The Morgan fingerprint density at radius 3 is 1.86 bits per heavy atom. The van der Waals surface area contributed by atoms with Crippen LogP contribution in [0.1, 0.15) is 25.0 Å². The van der Waals surface area contributed by atoms with Crippen molar-refractivity contribution in [3.63, 3.8) is 0 Å². The van der Waals surface area contributed by atoms with Crippen LogP contribution in [0.3, 0.4) is 0 Å². The summed E-state index contributed by atoms with van der Waals surface area (Å²) in [5, 5.41) is 0. The number of para-hydroxylation sites is 2. The van der Waals surface area contributed by atoms with Gasteiger partial charge in [-0.25, -0.2) is 14.5 Å². The predicted molar refractivity (Wildman–Crippen MR) is 197 cm³/mol. The van der Waals surface area contributed by atoms with Gasteiger partial charge in [0.2, 0.25) is 11.7 Å². The van der Waals surface area contributed by atoms with Crippen LogP contribution in [-0.2, 0) is 5.41 Å². The molecule has 0 spiro atoms. The van der Waals surface area contributed by atoms with Gasteiger partial charge in [-0.05, 0) is 57.6 Å². The van der Waals surface area contributed by atoms with E-state index in [1.54, 1.807) is 0 Å². The number of aromatic nitrogens is 6. The van der Waals surface area contributed by atoms with Crippen molar-refractivity contribution in [2.24, 2.45) is 0 Å². The van der Waals surface area contributed by atoms with E-state index in [1.165, 1.54) is 27.8 Å². The molecular formula is C43H30N6. The number of nitrogens with zero attached hydrogens (tertiary/aromatic N) is 6. The van der Waals surface area contributed by atoms with E-state index >= 15 is 0 Å². The van der Waals surface area contributed by atoms with Crippen LogP contribution in [0.25, 0.3) is 78.8 Å². The molecule has 0 radical (unpaired) electrons. The van der Waals surface area contributed by atoms with Crippen molar-refractivity contribution in [2.75, 3.05) is 0 Å². The molecule has 0 atom stereocenters. The average molecular weight is 631 g/mol. The summed E-state index contributed by atoms with van der Waals surface area (Å²) in [6.07, 6.45) is 0. The molecule has 0 aliphatic heterocycles. The molecule has 0 fully saturated rings. The van der Waals surface area contributed by atoms with Crippen LogP contribution >= 0.6 is 0 Å².